The highest BCUT2D eigenvalue weighted by Crippen LogP contribution is 2.33. The number of nitrogens with zero attached hydrogens (tertiary/aromatic N) is 2. The molecule has 2 aromatic rings. The second-order valence-corrected chi connectivity index (χ2v) is 6.47. The minimum absolute atomic E-state index is 0.0313. The summed E-state index contributed by atoms with van der Waals surface area (Å²) in [5.74, 6) is 0.0270. The van der Waals surface area contributed by atoms with E-state index < -0.39 is 0 Å². The fraction of sp³-hybridized carbons (Fsp3) is 0.316. The van der Waals surface area contributed by atoms with Crippen LogP contribution in [-0.2, 0) is 11.2 Å². The maximum absolute atomic E-state index is 13.9. The molecular formula is C19H20FN3O2. The fourth-order valence-corrected chi connectivity index (χ4v) is 3.61. The van der Waals surface area contributed by atoms with Crippen LogP contribution in [-0.4, -0.2) is 48.1 Å². The molecule has 5 nitrogen and oxygen atoms in total. The molecule has 4 rings (SSSR count). The van der Waals surface area contributed by atoms with Crippen molar-refractivity contribution in [3.8, 4) is 5.75 Å². The molecule has 1 atom stereocenters. The second kappa shape index (κ2) is 6.27. The Kier molecular flexibility index (Phi) is 3.95. The number of phenols is 1. The maximum atomic E-state index is 13.9. The number of para-hydroxylation sites is 1. The molecule has 130 valence electrons. The molecule has 1 unspecified atom stereocenters. The summed E-state index contributed by atoms with van der Waals surface area (Å²) >= 11 is 0. The number of aromatic hydroxyl groups is 1. The smallest absolute Gasteiger partial charge is 0.245 e. The molecule has 2 N–H and O–H groups in total. The normalized spacial score (nSPS) is 19.5. The lowest BCUT2D eigenvalue weighted by Gasteiger charge is -2.37. The summed E-state index contributed by atoms with van der Waals surface area (Å²) in [6, 6.07) is 11.7. The number of anilines is 2. The van der Waals surface area contributed by atoms with E-state index in [9.17, 15) is 14.3 Å². The molecule has 0 aliphatic carbocycles. The van der Waals surface area contributed by atoms with E-state index in [4.69, 9.17) is 0 Å². The molecule has 0 saturated carbocycles. The van der Waals surface area contributed by atoms with E-state index in [0.717, 1.165) is 11.3 Å². The Morgan fingerprint density at radius 1 is 1.08 bits per heavy atom. The van der Waals surface area contributed by atoms with Gasteiger partial charge in [0.15, 0.2) is 0 Å². The van der Waals surface area contributed by atoms with Gasteiger partial charge in [-0.1, -0.05) is 18.2 Å². The third-order valence-electron chi connectivity index (χ3n) is 4.97. The Balaban J connectivity index is 1.40. The Labute approximate surface area is 145 Å². The number of halogens is 1. The van der Waals surface area contributed by atoms with Crippen molar-refractivity contribution >= 4 is 17.3 Å². The quantitative estimate of drug-likeness (QED) is 0.879. The van der Waals surface area contributed by atoms with Gasteiger partial charge in [0, 0.05) is 43.9 Å². The molecule has 0 aromatic heterocycles. The van der Waals surface area contributed by atoms with Crippen LogP contribution in [0.2, 0.25) is 0 Å². The Hall–Kier alpha value is -2.76. The van der Waals surface area contributed by atoms with E-state index in [2.05, 4.69) is 5.32 Å². The van der Waals surface area contributed by atoms with Crippen molar-refractivity contribution in [2.75, 3.05) is 36.4 Å². The lowest BCUT2D eigenvalue weighted by atomic mass is 10.1. The van der Waals surface area contributed by atoms with Crippen molar-refractivity contribution in [2.45, 2.75) is 12.5 Å². The third-order valence-corrected chi connectivity index (χ3v) is 4.97. The first-order valence-corrected chi connectivity index (χ1v) is 8.49. The average molecular weight is 341 g/mol. The molecule has 25 heavy (non-hydrogen) atoms. The van der Waals surface area contributed by atoms with Crippen LogP contribution in [0.5, 0.6) is 5.75 Å². The molecule has 1 fully saturated rings. The van der Waals surface area contributed by atoms with Gasteiger partial charge >= 0.3 is 0 Å². The number of phenolic OH excluding ortho intramolecular Hbond substituents is 1. The molecule has 2 aliphatic heterocycles. The number of piperazine rings is 1. The minimum atomic E-state index is -0.344. The van der Waals surface area contributed by atoms with Gasteiger partial charge in [-0.15, -0.1) is 0 Å². The maximum Gasteiger partial charge on any atom is 0.245 e. The van der Waals surface area contributed by atoms with Gasteiger partial charge in [-0.05, 0) is 24.3 Å². The largest absolute Gasteiger partial charge is 0.508 e. The van der Waals surface area contributed by atoms with E-state index in [1.54, 1.807) is 24.3 Å². The summed E-state index contributed by atoms with van der Waals surface area (Å²) in [6.07, 6.45) is 0.494. The van der Waals surface area contributed by atoms with E-state index >= 15 is 0 Å². The number of hydrogen-bond acceptors (Lipinski definition) is 4. The Bertz CT molecular complexity index is 803. The SMILES string of the molecule is O=C(C1Cc2c(O)cccc2N1)N1CCN(c2ccccc2F)CC1. The number of nitrogens with one attached hydrogen (secondary N) is 1. The van der Waals surface area contributed by atoms with E-state index in [1.807, 2.05) is 21.9 Å². The molecule has 6 heteroatoms. The van der Waals surface area contributed by atoms with E-state index in [0.29, 0.717) is 38.3 Å². The van der Waals surface area contributed by atoms with Crippen LogP contribution < -0.4 is 10.2 Å². The lowest BCUT2D eigenvalue weighted by molar-refractivity contribution is -0.132. The van der Waals surface area contributed by atoms with Crippen molar-refractivity contribution in [1.29, 1.82) is 0 Å². The Morgan fingerprint density at radius 3 is 2.56 bits per heavy atom. The topological polar surface area (TPSA) is 55.8 Å². The van der Waals surface area contributed by atoms with E-state index in [-0.39, 0.29) is 23.5 Å². The van der Waals surface area contributed by atoms with Gasteiger partial charge in [0.1, 0.15) is 17.6 Å². The predicted molar refractivity (Wildman–Crippen MR) is 94.4 cm³/mol. The highest BCUT2D eigenvalue weighted by molar-refractivity contribution is 5.88. The lowest BCUT2D eigenvalue weighted by Crippen LogP contribution is -2.52. The second-order valence-electron chi connectivity index (χ2n) is 6.47. The van der Waals surface area contributed by atoms with Crippen LogP contribution in [0, 0.1) is 5.82 Å². The molecule has 2 aromatic carbocycles. The molecule has 0 radical (unpaired) electrons. The number of rotatable bonds is 2. The highest BCUT2D eigenvalue weighted by Gasteiger charge is 2.33. The number of benzene rings is 2. The molecule has 1 amide bonds. The Morgan fingerprint density at radius 2 is 1.84 bits per heavy atom. The van der Waals surface area contributed by atoms with Gasteiger partial charge < -0.3 is 20.2 Å². The first kappa shape index (κ1) is 15.7. The van der Waals surface area contributed by atoms with Crippen LogP contribution in [0.1, 0.15) is 5.56 Å². The van der Waals surface area contributed by atoms with Gasteiger partial charge in [0.25, 0.3) is 0 Å². The van der Waals surface area contributed by atoms with Crippen LogP contribution in [0.25, 0.3) is 0 Å². The van der Waals surface area contributed by atoms with Crippen molar-refractivity contribution in [1.82, 2.24) is 4.90 Å². The zero-order valence-electron chi connectivity index (χ0n) is 13.8. The van der Waals surface area contributed by atoms with Crippen LogP contribution in [0.4, 0.5) is 15.8 Å². The fourth-order valence-electron chi connectivity index (χ4n) is 3.61. The summed E-state index contributed by atoms with van der Waals surface area (Å²) in [5, 5.41) is 13.1. The summed E-state index contributed by atoms with van der Waals surface area (Å²) in [6.45, 7) is 2.34. The van der Waals surface area contributed by atoms with Gasteiger partial charge in [-0.25, -0.2) is 4.39 Å². The molecule has 0 spiro atoms. The zero-order valence-corrected chi connectivity index (χ0v) is 13.8. The third kappa shape index (κ3) is 2.88. The molecule has 2 heterocycles. The molecular weight excluding hydrogens is 321 g/mol. The highest BCUT2D eigenvalue weighted by atomic mass is 19.1. The number of carbonyl (C=O) groups excluding carboxylic acids is 1. The van der Waals surface area contributed by atoms with Crippen molar-refractivity contribution in [3.63, 3.8) is 0 Å². The number of carbonyl (C=O) groups is 1. The van der Waals surface area contributed by atoms with Crippen molar-refractivity contribution in [3.05, 3.63) is 53.8 Å². The molecule has 2 aliphatic rings. The zero-order chi connectivity index (χ0) is 17.4. The number of hydrogen-bond donors (Lipinski definition) is 2. The number of fused-ring (bicyclic) bond motifs is 1. The van der Waals surface area contributed by atoms with Gasteiger partial charge in [-0.3, -0.25) is 4.79 Å². The first-order chi connectivity index (χ1) is 12.1. The van der Waals surface area contributed by atoms with Gasteiger partial charge in [0.2, 0.25) is 5.91 Å². The van der Waals surface area contributed by atoms with Crippen molar-refractivity contribution in [2.24, 2.45) is 0 Å². The average Bonchev–Trinajstić information content (AvgIpc) is 3.07. The first-order valence-electron chi connectivity index (χ1n) is 8.49. The summed E-state index contributed by atoms with van der Waals surface area (Å²) in [4.78, 5) is 16.6. The monoisotopic (exact) mass is 341 g/mol. The summed E-state index contributed by atoms with van der Waals surface area (Å²) in [5.41, 5.74) is 2.21. The van der Waals surface area contributed by atoms with Crippen LogP contribution in [0.3, 0.4) is 0 Å². The summed E-state index contributed by atoms with van der Waals surface area (Å²) < 4.78 is 13.9. The summed E-state index contributed by atoms with van der Waals surface area (Å²) in [7, 11) is 0. The van der Waals surface area contributed by atoms with Crippen LogP contribution >= 0.6 is 0 Å². The van der Waals surface area contributed by atoms with Gasteiger partial charge in [0.05, 0.1) is 5.69 Å². The standard InChI is InChI=1S/C19H20FN3O2/c20-14-4-1-2-6-17(14)22-8-10-23(11-9-22)19(25)16-12-13-15(21-16)5-3-7-18(13)24/h1-7,16,21,24H,8-12H2. The van der Waals surface area contributed by atoms with Crippen molar-refractivity contribution < 1.29 is 14.3 Å². The molecule has 0 bridgehead atoms. The number of amides is 1. The van der Waals surface area contributed by atoms with Gasteiger partial charge in [-0.2, -0.15) is 0 Å². The van der Waals surface area contributed by atoms with E-state index in [1.165, 1.54) is 6.07 Å². The van der Waals surface area contributed by atoms with Crippen LogP contribution in [0.15, 0.2) is 42.5 Å². The predicted octanol–water partition coefficient (Wildman–Crippen LogP) is 2.22. The minimum Gasteiger partial charge on any atom is -0.508 e. The molecule has 1 saturated heterocycles.